The van der Waals surface area contributed by atoms with Crippen LogP contribution in [0, 0.1) is 23.7 Å². The van der Waals surface area contributed by atoms with Crippen molar-refractivity contribution in [3.05, 3.63) is 0 Å². The average Bonchev–Trinajstić information content (AvgIpc) is 2.34. The highest BCUT2D eigenvalue weighted by Gasteiger charge is 2.51. The standard InChI is InChI=1S/C16H29N3O/c1-10(9-17)11(2)18-15(20)19-16-6-12-3-13(7-16)5-14(4-12)8-16/h10-14H,3-9,17H2,1-2H3,(H2,18,19,20). The summed E-state index contributed by atoms with van der Waals surface area (Å²) in [6.07, 6.45) is 7.82. The quantitative estimate of drug-likeness (QED) is 0.739. The van der Waals surface area contributed by atoms with Gasteiger partial charge in [0.2, 0.25) is 0 Å². The van der Waals surface area contributed by atoms with Gasteiger partial charge in [-0.15, -0.1) is 0 Å². The van der Waals surface area contributed by atoms with Gasteiger partial charge in [0.25, 0.3) is 0 Å². The van der Waals surface area contributed by atoms with Gasteiger partial charge in [-0.2, -0.15) is 0 Å². The van der Waals surface area contributed by atoms with Crippen molar-refractivity contribution in [2.24, 2.45) is 29.4 Å². The van der Waals surface area contributed by atoms with Crippen LogP contribution in [0.25, 0.3) is 0 Å². The summed E-state index contributed by atoms with van der Waals surface area (Å²) in [6, 6.07) is 0.147. The molecule has 2 amide bonds. The number of nitrogens with two attached hydrogens (primary N) is 1. The van der Waals surface area contributed by atoms with Crippen molar-refractivity contribution in [2.75, 3.05) is 6.54 Å². The first-order valence-electron chi connectivity index (χ1n) is 8.28. The number of amides is 2. The molecular weight excluding hydrogens is 250 g/mol. The van der Waals surface area contributed by atoms with Crippen molar-refractivity contribution in [3.8, 4) is 0 Å². The summed E-state index contributed by atoms with van der Waals surface area (Å²) in [7, 11) is 0. The van der Waals surface area contributed by atoms with E-state index in [1.165, 1.54) is 38.5 Å². The van der Waals surface area contributed by atoms with E-state index in [9.17, 15) is 4.79 Å². The third-order valence-electron chi connectivity index (χ3n) is 6.00. The van der Waals surface area contributed by atoms with Crippen molar-refractivity contribution in [1.82, 2.24) is 10.6 Å². The number of carbonyl (C=O) groups is 1. The predicted octanol–water partition coefficient (Wildman–Crippen LogP) is 2.24. The number of hydrogen-bond donors (Lipinski definition) is 3. The van der Waals surface area contributed by atoms with E-state index in [1.54, 1.807) is 0 Å². The van der Waals surface area contributed by atoms with Crippen LogP contribution in [0.15, 0.2) is 0 Å². The number of carbonyl (C=O) groups excluding carboxylic acids is 1. The Balaban J connectivity index is 1.59. The van der Waals surface area contributed by atoms with Crippen LogP contribution >= 0.6 is 0 Å². The molecule has 2 unspecified atom stereocenters. The first-order chi connectivity index (χ1) is 9.49. The molecule has 0 saturated heterocycles. The summed E-state index contributed by atoms with van der Waals surface area (Å²) < 4.78 is 0. The van der Waals surface area contributed by atoms with Crippen molar-refractivity contribution in [1.29, 1.82) is 0 Å². The predicted molar refractivity (Wildman–Crippen MR) is 80.3 cm³/mol. The second-order valence-corrected chi connectivity index (χ2v) is 7.80. The molecule has 2 atom stereocenters. The number of urea groups is 1. The monoisotopic (exact) mass is 279 g/mol. The lowest BCUT2D eigenvalue weighted by molar-refractivity contribution is -0.0137. The molecule has 114 valence electrons. The van der Waals surface area contributed by atoms with Crippen molar-refractivity contribution in [2.45, 2.75) is 64.0 Å². The fraction of sp³-hybridized carbons (Fsp3) is 0.938. The van der Waals surface area contributed by atoms with Gasteiger partial charge in [-0.1, -0.05) is 6.92 Å². The lowest BCUT2D eigenvalue weighted by atomic mass is 9.53. The van der Waals surface area contributed by atoms with Gasteiger partial charge in [0.15, 0.2) is 0 Å². The van der Waals surface area contributed by atoms with E-state index in [4.69, 9.17) is 5.73 Å². The second kappa shape index (κ2) is 5.21. The third kappa shape index (κ3) is 2.67. The molecule has 0 aliphatic heterocycles. The van der Waals surface area contributed by atoms with Gasteiger partial charge in [0.05, 0.1) is 0 Å². The fourth-order valence-electron chi connectivity index (χ4n) is 5.09. The smallest absolute Gasteiger partial charge is 0.315 e. The van der Waals surface area contributed by atoms with Crippen LogP contribution in [0.5, 0.6) is 0 Å². The molecule has 4 N–H and O–H groups in total. The molecule has 0 aromatic rings. The Labute approximate surface area is 122 Å². The van der Waals surface area contributed by atoms with Crippen LogP contribution in [0.3, 0.4) is 0 Å². The molecule has 0 spiro atoms. The Hall–Kier alpha value is -0.770. The first-order valence-corrected chi connectivity index (χ1v) is 8.28. The first kappa shape index (κ1) is 14.2. The van der Waals surface area contributed by atoms with Crippen LogP contribution in [0.1, 0.15) is 52.4 Å². The summed E-state index contributed by atoms with van der Waals surface area (Å²) in [4.78, 5) is 12.3. The van der Waals surface area contributed by atoms with Crippen molar-refractivity contribution < 1.29 is 4.79 Å². The molecule has 4 heteroatoms. The van der Waals surface area contributed by atoms with E-state index in [0.717, 1.165) is 17.8 Å². The minimum atomic E-state index is 0.0137. The molecule has 4 bridgehead atoms. The molecule has 0 aromatic carbocycles. The van der Waals surface area contributed by atoms with E-state index in [2.05, 4.69) is 17.6 Å². The molecule has 20 heavy (non-hydrogen) atoms. The Morgan fingerprint density at radius 2 is 1.65 bits per heavy atom. The molecule has 4 fully saturated rings. The minimum absolute atomic E-state index is 0.0137. The zero-order valence-electron chi connectivity index (χ0n) is 12.8. The topological polar surface area (TPSA) is 67.1 Å². The number of hydrogen-bond acceptors (Lipinski definition) is 2. The Kier molecular flexibility index (Phi) is 3.69. The van der Waals surface area contributed by atoms with Gasteiger partial charge in [-0.3, -0.25) is 0 Å². The van der Waals surface area contributed by atoms with Gasteiger partial charge in [-0.05, 0) is 75.7 Å². The molecule has 4 aliphatic rings. The Morgan fingerprint density at radius 1 is 1.15 bits per heavy atom. The fourth-order valence-corrected chi connectivity index (χ4v) is 5.09. The van der Waals surface area contributed by atoms with E-state index in [0.29, 0.717) is 12.5 Å². The van der Waals surface area contributed by atoms with Gasteiger partial charge < -0.3 is 16.4 Å². The van der Waals surface area contributed by atoms with E-state index >= 15 is 0 Å². The summed E-state index contributed by atoms with van der Waals surface area (Å²) >= 11 is 0. The highest BCUT2D eigenvalue weighted by Crippen LogP contribution is 2.55. The Bertz CT molecular complexity index is 347. The van der Waals surface area contributed by atoms with Crippen LogP contribution in [-0.4, -0.2) is 24.2 Å². The summed E-state index contributed by atoms with van der Waals surface area (Å²) in [5.41, 5.74) is 5.77. The lowest BCUT2D eigenvalue weighted by Gasteiger charge is -2.56. The van der Waals surface area contributed by atoms with Crippen LogP contribution < -0.4 is 16.4 Å². The second-order valence-electron chi connectivity index (χ2n) is 7.80. The Morgan fingerprint density at radius 3 is 2.10 bits per heavy atom. The maximum Gasteiger partial charge on any atom is 0.315 e. The zero-order valence-corrected chi connectivity index (χ0v) is 12.8. The number of nitrogens with one attached hydrogen (secondary N) is 2. The van der Waals surface area contributed by atoms with Gasteiger partial charge in [0, 0.05) is 11.6 Å². The van der Waals surface area contributed by atoms with Gasteiger partial charge in [-0.25, -0.2) is 4.79 Å². The minimum Gasteiger partial charge on any atom is -0.335 e. The van der Waals surface area contributed by atoms with Crippen molar-refractivity contribution in [3.63, 3.8) is 0 Å². The molecular formula is C16H29N3O. The molecule has 0 heterocycles. The van der Waals surface area contributed by atoms with Crippen molar-refractivity contribution >= 4 is 6.03 Å². The SMILES string of the molecule is CC(CN)C(C)NC(=O)NC12CC3CC(CC(C3)C1)C2. The molecule has 0 aromatic heterocycles. The number of rotatable bonds is 4. The maximum atomic E-state index is 12.3. The highest BCUT2D eigenvalue weighted by molar-refractivity contribution is 5.75. The third-order valence-corrected chi connectivity index (χ3v) is 6.00. The molecule has 0 radical (unpaired) electrons. The van der Waals surface area contributed by atoms with Crippen LogP contribution in [-0.2, 0) is 0 Å². The van der Waals surface area contributed by atoms with Crippen LogP contribution in [0.4, 0.5) is 4.79 Å². The van der Waals surface area contributed by atoms with Gasteiger partial charge in [0.1, 0.15) is 0 Å². The van der Waals surface area contributed by atoms with E-state index < -0.39 is 0 Å². The zero-order chi connectivity index (χ0) is 14.3. The summed E-state index contributed by atoms with van der Waals surface area (Å²) in [5.74, 6) is 2.91. The molecule has 4 rings (SSSR count). The lowest BCUT2D eigenvalue weighted by Crippen LogP contribution is -2.62. The van der Waals surface area contributed by atoms with Crippen LogP contribution in [0.2, 0.25) is 0 Å². The van der Waals surface area contributed by atoms with Gasteiger partial charge >= 0.3 is 6.03 Å². The molecule has 4 aliphatic carbocycles. The molecule has 4 saturated carbocycles. The summed E-state index contributed by atoms with van der Waals surface area (Å²) in [5, 5.41) is 6.42. The van der Waals surface area contributed by atoms with E-state index in [1.807, 2.05) is 6.92 Å². The largest absolute Gasteiger partial charge is 0.335 e. The normalized spacial score (nSPS) is 41.2. The molecule has 4 nitrogen and oxygen atoms in total. The highest BCUT2D eigenvalue weighted by atomic mass is 16.2. The summed E-state index contributed by atoms with van der Waals surface area (Å²) in [6.45, 7) is 4.73. The average molecular weight is 279 g/mol. The van der Waals surface area contributed by atoms with E-state index in [-0.39, 0.29) is 17.6 Å². The maximum absolute atomic E-state index is 12.3.